The molecule has 3 aromatic rings. The molecule has 3 aromatic carbocycles. The number of amides is 2. The number of hydrogen-bond acceptors (Lipinski definition) is 4. The molecule has 0 aromatic heterocycles. The largest absolute Gasteiger partial charge is 0.398 e. The van der Waals surface area contributed by atoms with E-state index in [2.05, 4.69) is 0 Å². The van der Waals surface area contributed by atoms with Gasteiger partial charge in [0.1, 0.15) is 0 Å². The van der Waals surface area contributed by atoms with Gasteiger partial charge in [-0.25, -0.2) is 5.48 Å². The number of nitrogen functional groups attached to an aromatic ring is 1. The summed E-state index contributed by atoms with van der Waals surface area (Å²) in [5, 5.41) is 9.06. The third-order valence-electron chi connectivity index (χ3n) is 4.12. The van der Waals surface area contributed by atoms with Gasteiger partial charge in [-0.2, -0.15) is 0 Å². The number of para-hydroxylation sites is 1. The predicted octanol–water partition coefficient (Wildman–Crippen LogP) is 2.82. The molecule has 26 heavy (non-hydrogen) atoms. The number of nitrogens with one attached hydrogen (secondary N) is 1. The van der Waals surface area contributed by atoms with Crippen molar-refractivity contribution in [2.45, 2.75) is 0 Å². The molecule has 0 aliphatic rings. The second-order valence-corrected chi connectivity index (χ2v) is 5.70. The van der Waals surface area contributed by atoms with E-state index in [0.29, 0.717) is 16.8 Å². The van der Waals surface area contributed by atoms with Gasteiger partial charge in [0.25, 0.3) is 5.91 Å². The summed E-state index contributed by atoms with van der Waals surface area (Å²) in [5.74, 6) is -1.30. The van der Waals surface area contributed by atoms with Crippen molar-refractivity contribution >= 4 is 17.5 Å². The maximum absolute atomic E-state index is 12.1. The number of primary amides is 1. The maximum atomic E-state index is 12.1. The van der Waals surface area contributed by atoms with Crippen LogP contribution in [0.4, 0.5) is 5.69 Å². The number of nitrogens with two attached hydrogens (primary N) is 2. The first kappa shape index (κ1) is 17.2. The lowest BCUT2D eigenvalue weighted by atomic mass is 9.90. The molecule has 0 heterocycles. The summed E-state index contributed by atoms with van der Waals surface area (Å²) >= 11 is 0. The van der Waals surface area contributed by atoms with E-state index in [0.717, 1.165) is 11.1 Å². The van der Waals surface area contributed by atoms with E-state index in [1.54, 1.807) is 11.5 Å². The topological polar surface area (TPSA) is 118 Å². The Morgan fingerprint density at radius 2 is 1.38 bits per heavy atom. The molecule has 0 spiro atoms. The standard InChI is InChI=1S/C20H17N3O3/c21-18-8-4-3-7-15(18)13-5-1-2-6-14(13)17-11-12(19(22)24)9-10-16(17)20(25)23-26/h1-11,26H,21H2,(H2,22,24)(H,23,25). The fourth-order valence-corrected chi connectivity index (χ4v) is 2.87. The highest BCUT2D eigenvalue weighted by atomic mass is 16.5. The molecule has 0 aliphatic heterocycles. The molecule has 0 radical (unpaired) electrons. The van der Waals surface area contributed by atoms with Gasteiger partial charge >= 0.3 is 0 Å². The second-order valence-electron chi connectivity index (χ2n) is 5.70. The highest BCUT2D eigenvalue weighted by molar-refractivity contribution is 6.05. The molecule has 0 atom stereocenters. The third kappa shape index (κ3) is 3.13. The lowest BCUT2D eigenvalue weighted by molar-refractivity contribution is 0.0707. The first-order valence-electron chi connectivity index (χ1n) is 7.85. The average molecular weight is 347 g/mol. The molecule has 0 aliphatic carbocycles. The smallest absolute Gasteiger partial charge is 0.275 e. The highest BCUT2D eigenvalue weighted by Crippen LogP contribution is 2.36. The summed E-state index contributed by atoms with van der Waals surface area (Å²) in [5.41, 5.74) is 16.9. The van der Waals surface area contributed by atoms with Crippen molar-refractivity contribution < 1.29 is 14.8 Å². The van der Waals surface area contributed by atoms with Crippen LogP contribution in [0.2, 0.25) is 0 Å². The van der Waals surface area contributed by atoms with Crippen molar-refractivity contribution in [2.75, 3.05) is 5.73 Å². The second kappa shape index (κ2) is 7.08. The molecule has 130 valence electrons. The molecule has 6 nitrogen and oxygen atoms in total. The predicted molar refractivity (Wildman–Crippen MR) is 99.5 cm³/mol. The van der Waals surface area contributed by atoms with Crippen LogP contribution in [0.5, 0.6) is 0 Å². The summed E-state index contributed by atoms with van der Waals surface area (Å²) in [6, 6.07) is 19.1. The quantitative estimate of drug-likeness (QED) is 0.330. The van der Waals surface area contributed by atoms with Gasteiger partial charge in [0.05, 0.1) is 0 Å². The highest BCUT2D eigenvalue weighted by Gasteiger charge is 2.18. The van der Waals surface area contributed by atoms with Gasteiger partial charge in [0, 0.05) is 22.4 Å². The molecule has 2 amide bonds. The van der Waals surface area contributed by atoms with E-state index >= 15 is 0 Å². The van der Waals surface area contributed by atoms with Gasteiger partial charge in [-0.1, -0.05) is 42.5 Å². The number of hydrogen-bond donors (Lipinski definition) is 4. The van der Waals surface area contributed by atoms with Crippen molar-refractivity contribution in [3.8, 4) is 22.3 Å². The van der Waals surface area contributed by atoms with Crippen LogP contribution in [0.3, 0.4) is 0 Å². The number of carbonyl (C=O) groups is 2. The Hall–Kier alpha value is -3.64. The Kier molecular flexibility index (Phi) is 4.68. The zero-order valence-corrected chi connectivity index (χ0v) is 13.8. The van der Waals surface area contributed by atoms with Gasteiger partial charge in [-0.05, 0) is 41.0 Å². The van der Waals surface area contributed by atoms with Crippen molar-refractivity contribution in [2.24, 2.45) is 5.73 Å². The molecule has 6 heteroatoms. The van der Waals surface area contributed by atoms with E-state index in [9.17, 15) is 9.59 Å². The number of hydroxylamine groups is 1. The number of benzene rings is 3. The average Bonchev–Trinajstić information content (AvgIpc) is 2.67. The van der Waals surface area contributed by atoms with Crippen molar-refractivity contribution in [3.63, 3.8) is 0 Å². The van der Waals surface area contributed by atoms with Crippen molar-refractivity contribution in [1.29, 1.82) is 0 Å². The fraction of sp³-hybridized carbons (Fsp3) is 0. The summed E-state index contributed by atoms with van der Waals surface area (Å²) in [6.45, 7) is 0. The summed E-state index contributed by atoms with van der Waals surface area (Å²) in [4.78, 5) is 23.7. The SMILES string of the molecule is NC(=O)c1ccc(C(=O)NO)c(-c2ccccc2-c2ccccc2N)c1. The first-order chi connectivity index (χ1) is 12.5. The number of anilines is 1. The molecule has 6 N–H and O–H groups in total. The van der Waals surface area contributed by atoms with E-state index in [1.807, 2.05) is 42.5 Å². The minimum Gasteiger partial charge on any atom is -0.398 e. The Balaban J connectivity index is 2.30. The van der Waals surface area contributed by atoms with E-state index in [4.69, 9.17) is 16.7 Å². The Morgan fingerprint density at radius 3 is 1.96 bits per heavy atom. The first-order valence-corrected chi connectivity index (χ1v) is 7.85. The summed E-state index contributed by atoms with van der Waals surface area (Å²) in [7, 11) is 0. The van der Waals surface area contributed by atoms with E-state index in [-0.39, 0.29) is 11.1 Å². The van der Waals surface area contributed by atoms with Crippen LogP contribution in [0.25, 0.3) is 22.3 Å². The lowest BCUT2D eigenvalue weighted by Crippen LogP contribution is -2.20. The van der Waals surface area contributed by atoms with Gasteiger partial charge in [0.15, 0.2) is 0 Å². The van der Waals surface area contributed by atoms with Gasteiger partial charge < -0.3 is 11.5 Å². The van der Waals surface area contributed by atoms with Gasteiger partial charge in [0.2, 0.25) is 5.91 Å². The Labute approximate surface area is 150 Å². The van der Waals surface area contributed by atoms with Crippen LogP contribution in [0, 0.1) is 0 Å². The molecule has 0 saturated heterocycles. The van der Waals surface area contributed by atoms with Crippen molar-refractivity contribution in [1.82, 2.24) is 5.48 Å². The minimum absolute atomic E-state index is 0.208. The fourth-order valence-electron chi connectivity index (χ4n) is 2.87. The van der Waals surface area contributed by atoms with E-state index < -0.39 is 11.8 Å². The van der Waals surface area contributed by atoms with Gasteiger partial charge in [-0.3, -0.25) is 14.8 Å². The molecular formula is C20H17N3O3. The molecule has 0 saturated carbocycles. The summed E-state index contributed by atoms with van der Waals surface area (Å²) in [6.07, 6.45) is 0. The van der Waals surface area contributed by atoms with Gasteiger partial charge in [-0.15, -0.1) is 0 Å². The summed E-state index contributed by atoms with van der Waals surface area (Å²) < 4.78 is 0. The monoisotopic (exact) mass is 347 g/mol. The third-order valence-corrected chi connectivity index (χ3v) is 4.12. The Morgan fingerprint density at radius 1 is 0.808 bits per heavy atom. The van der Waals surface area contributed by atoms with Crippen LogP contribution in [0.15, 0.2) is 66.7 Å². The molecular weight excluding hydrogens is 330 g/mol. The molecule has 0 unspecified atom stereocenters. The molecule has 3 rings (SSSR count). The van der Waals surface area contributed by atoms with Crippen LogP contribution < -0.4 is 16.9 Å². The minimum atomic E-state index is -0.688. The van der Waals surface area contributed by atoms with Crippen molar-refractivity contribution in [3.05, 3.63) is 77.9 Å². The normalized spacial score (nSPS) is 10.3. The molecule has 0 bridgehead atoms. The maximum Gasteiger partial charge on any atom is 0.275 e. The lowest BCUT2D eigenvalue weighted by Gasteiger charge is -2.15. The van der Waals surface area contributed by atoms with Crippen LogP contribution >= 0.6 is 0 Å². The zero-order valence-electron chi connectivity index (χ0n) is 13.8. The van der Waals surface area contributed by atoms with Crippen LogP contribution in [-0.4, -0.2) is 17.0 Å². The zero-order chi connectivity index (χ0) is 18.7. The van der Waals surface area contributed by atoms with Crippen LogP contribution in [-0.2, 0) is 0 Å². The van der Waals surface area contributed by atoms with E-state index in [1.165, 1.54) is 18.2 Å². The Bertz CT molecular complexity index is 999. The number of carbonyl (C=O) groups excluding carboxylic acids is 2. The number of rotatable bonds is 4. The van der Waals surface area contributed by atoms with Crippen LogP contribution in [0.1, 0.15) is 20.7 Å². The molecule has 0 fully saturated rings.